The number of nitrogen functional groups attached to an aromatic ring is 1. The van der Waals surface area contributed by atoms with Crippen LogP contribution < -0.4 is 15.5 Å². The number of halogens is 1. The minimum absolute atomic E-state index is 0.144. The average Bonchev–Trinajstić information content (AvgIpc) is 2.51. The molecule has 0 spiro atoms. The zero-order valence-corrected chi connectivity index (χ0v) is 12.2. The molecule has 0 radical (unpaired) electrons. The predicted molar refractivity (Wildman–Crippen MR) is 86.4 cm³/mol. The van der Waals surface area contributed by atoms with E-state index < -0.39 is 0 Å². The molecule has 0 atom stereocenters. The van der Waals surface area contributed by atoms with Gasteiger partial charge in [-0.15, -0.1) is 0 Å². The summed E-state index contributed by atoms with van der Waals surface area (Å²) < 4.78 is 13.8. The lowest BCUT2D eigenvalue weighted by Crippen LogP contribution is -2.46. The van der Waals surface area contributed by atoms with Crippen LogP contribution in [-0.4, -0.2) is 26.2 Å². The molecule has 110 valence electrons. The van der Waals surface area contributed by atoms with Gasteiger partial charge in [0.15, 0.2) is 0 Å². The molecule has 0 saturated carbocycles. The average molecular weight is 285 g/mol. The van der Waals surface area contributed by atoms with Crippen LogP contribution in [0.4, 0.5) is 21.5 Å². The Kier molecular flexibility index (Phi) is 3.69. The number of piperazine rings is 1. The number of nitrogens with zero attached hydrogens (tertiary/aromatic N) is 2. The molecule has 2 aromatic rings. The molecule has 2 aromatic carbocycles. The first-order valence-electron chi connectivity index (χ1n) is 7.26. The molecule has 1 aliphatic heterocycles. The van der Waals surface area contributed by atoms with E-state index in [9.17, 15) is 4.39 Å². The molecule has 1 fully saturated rings. The van der Waals surface area contributed by atoms with Crippen molar-refractivity contribution in [1.29, 1.82) is 0 Å². The van der Waals surface area contributed by atoms with Gasteiger partial charge in [0.25, 0.3) is 0 Å². The number of hydrogen-bond acceptors (Lipinski definition) is 3. The van der Waals surface area contributed by atoms with Gasteiger partial charge in [-0.25, -0.2) is 4.39 Å². The van der Waals surface area contributed by atoms with Crippen LogP contribution in [0.1, 0.15) is 5.56 Å². The highest BCUT2D eigenvalue weighted by molar-refractivity contribution is 5.59. The van der Waals surface area contributed by atoms with Crippen molar-refractivity contribution in [3.63, 3.8) is 0 Å². The van der Waals surface area contributed by atoms with Crippen molar-refractivity contribution in [2.75, 3.05) is 41.7 Å². The quantitative estimate of drug-likeness (QED) is 0.861. The third-order valence-electron chi connectivity index (χ3n) is 4.09. The Morgan fingerprint density at radius 1 is 0.952 bits per heavy atom. The minimum atomic E-state index is -0.144. The van der Waals surface area contributed by atoms with Crippen LogP contribution in [0.25, 0.3) is 0 Å². The number of anilines is 3. The number of rotatable bonds is 2. The van der Waals surface area contributed by atoms with Crippen molar-refractivity contribution in [3.8, 4) is 0 Å². The monoisotopic (exact) mass is 285 g/mol. The fraction of sp³-hybridized carbons (Fsp3) is 0.294. The van der Waals surface area contributed by atoms with Crippen molar-refractivity contribution in [3.05, 3.63) is 53.8 Å². The molecule has 0 unspecified atom stereocenters. The van der Waals surface area contributed by atoms with Gasteiger partial charge >= 0.3 is 0 Å². The van der Waals surface area contributed by atoms with E-state index in [0.29, 0.717) is 5.69 Å². The molecule has 0 bridgehead atoms. The van der Waals surface area contributed by atoms with Gasteiger partial charge in [0.1, 0.15) is 5.82 Å². The van der Waals surface area contributed by atoms with Crippen LogP contribution in [0.2, 0.25) is 0 Å². The van der Waals surface area contributed by atoms with Gasteiger partial charge in [-0.1, -0.05) is 12.1 Å². The van der Waals surface area contributed by atoms with E-state index in [1.54, 1.807) is 6.07 Å². The fourth-order valence-corrected chi connectivity index (χ4v) is 2.77. The van der Waals surface area contributed by atoms with Crippen LogP contribution in [0.3, 0.4) is 0 Å². The number of aryl methyl sites for hydroxylation is 1. The molecular formula is C17H20FN3. The largest absolute Gasteiger partial charge is 0.399 e. The summed E-state index contributed by atoms with van der Waals surface area (Å²) in [6, 6.07) is 13.1. The molecule has 1 aliphatic rings. The second-order valence-corrected chi connectivity index (χ2v) is 5.47. The Labute approximate surface area is 124 Å². The van der Waals surface area contributed by atoms with Gasteiger partial charge in [0, 0.05) is 37.6 Å². The van der Waals surface area contributed by atoms with E-state index in [-0.39, 0.29) is 5.82 Å². The highest BCUT2D eigenvalue weighted by Gasteiger charge is 2.19. The fourth-order valence-electron chi connectivity index (χ4n) is 2.77. The van der Waals surface area contributed by atoms with Gasteiger partial charge in [-0.3, -0.25) is 0 Å². The highest BCUT2D eigenvalue weighted by Crippen LogP contribution is 2.24. The van der Waals surface area contributed by atoms with Crippen LogP contribution >= 0.6 is 0 Å². The smallest absolute Gasteiger partial charge is 0.146 e. The second kappa shape index (κ2) is 5.64. The Morgan fingerprint density at radius 3 is 2.29 bits per heavy atom. The number of hydrogen-bond donors (Lipinski definition) is 1. The summed E-state index contributed by atoms with van der Waals surface area (Å²) in [6.45, 7) is 5.44. The molecule has 1 saturated heterocycles. The Hall–Kier alpha value is -2.23. The van der Waals surface area contributed by atoms with E-state index >= 15 is 0 Å². The van der Waals surface area contributed by atoms with Gasteiger partial charge in [0.2, 0.25) is 0 Å². The van der Waals surface area contributed by atoms with Gasteiger partial charge in [-0.2, -0.15) is 0 Å². The first-order valence-corrected chi connectivity index (χ1v) is 7.26. The molecule has 0 amide bonds. The maximum absolute atomic E-state index is 13.8. The summed E-state index contributed by atoms with van der Waals surface area (Å²) >= 11 is 0. The highest BCUT2D eigenvalue weighted by atomic mass is 19.1. The van der Waals surface area contributed by atoms with Gasteiger partial charge < -0.3 is 15.5 Å². The Morgan fingerprint density at radius 2 is 1.62 bits per heavy atom. The zero-order chi connectivity index (χ0) is 14.8. The summed E-state index contributed by atoms with van der Waals surface area (Å²) in [5, 5.41) is 0. The van der Waals surface area contributed by atoms with Crippen LogP contribution in [0.15, 0.2) is 42.5 Å². The number of benzene rings is 2. The van der Waals surface area contributed by atoms with Gasteiger partial charge in [-0.05, 0) is 42.8 Å². The number of nitrogens with two attached hydrogens (primary N) is 1. The van der Waals surface area contributed by atoms with E-state index in [0.717, 1.165) is 37.4 Å². The summed E-state index contributed by atoms with van der Waals surface area (Å²) in [7, 11) is 0. The molecule has 3 nitrogen and oxygen atoms in total. The molecule has 2 N–H and O–H groups in total. The molecule has 0 aromatic heterocycles. The van der Waals surface area contributed by atoms with Crippen molar-refractivity contribution < 1.29 is 4.39 Å². The maximum Gasteiger partial charge on any atom is 0.146 e. The molecule has 21 heavy (non-hydrogen) atoms. The third kappa shape index (κ3) is 2.79. The topological polar surface area (TPSA) is 32.5 Å². The normalized spacial score (nSPS) is 15.3. The van der Waals surface area contributed by atoms with E-state index in [1.807, 2.05) is 25.1 Å². The SMILES string of the molecule is Cc1cc(N2CCN(c3ccccc3F)CC2)ccc1N. The van der Waals surface area contributed by atoms with E-state index in [1.165, 1.54) is 11.8 Å². The molecule has 0 aliphatic carbocycles. The lowest BCUT2D eigenvalue weighted by atomic mass is 10.1. The molecule has 4 heteroatoms. The Bertz CT molecular complexity index is 634. The van der Waals surface area contributed by atoms with Crippen LogP contribution in [0.5, 0.6) is 0 Å². The van der Waals surface area contributed by atoms with Crippen LogP contribution in [0, 0.1) is 12.7 Å². The standard InChI is InChI=1S/C17H20FN3/c1-13-12-14(6-7-16(13)19)20-8-10-21(11-9-20)17-5-3-2-4-15(17)18/h2-7,12H,8-11,19H2,1H3. The minimum Gasteiger partial charge on any atom is -0.399 e. The van der Waals surface area contributed by atoms with E-state index in [2.05, 4.69) is 21.9 Å². The first kappa shape index (κ1) is 13.7. The predicted octanol–water partition coefficient (Wildman–Crippen LogP) is 3.04. The van der Waals surface area contributed by atoms with Gasteiger partial charge in [0.05, 0.1) is 5.69 Å². The first-order chi connectivity index (χ1) is 10.1. The molecule has 1 heterocycles. The lowest BCUT2D eigenvalue weighted by molar-refractivity contribution is 0.598. The van der Waals surface area contributed by atoms with Crippen molar-refractivity contribution >= 4 is 17.1 Å². The molecular weight excluding hydrogens is 265 g/mol. The zero-order valence-electron chi connectivity index (χ0n) is 12.2. The van der Waals surface area contributed by atoms with Crippen molar-refractivity contribution in [2.24, 2.45) is 0 Å². The van der Waals surface area contributed by atoms with E-state index in [4.69, 9.17) is 5.73 Å². The lowest BCUT2D eigenvalue weighted by Gasteiger charge is -2.37. The summed E-state index contributed by atoms with van der Waals surface area (Å²) in [5.41, 5.74) is 9.68. The van der Waals surface area contributed by atoms with Crippen molar-refractivity contribution in [2.45, 2.75) is 6.92 Å². The summed E-state index contributed by atoms with van der Waals surface area (Å²) in [6.07, 6.45) is 0. The Balaban J connectivity index is 1.70. The van der Waals surface area contributed by atoms with Crippen molar-refractivity contribution in [1.82, 2.24) is 0 Å². The van der Waals surface area contributed by atoms with Crippen LogP contribution in [-0.2, 0) is 0 Å². The third-order valence-corrected chi connectivity index (χ3v) is 4.09. The summed E-state index contributed by atoms with van der Waals surface area (Å²) in [5.74, 6) is -0.144. The number of para-hydroxylation sites is 1. The summed E-state index contributed by atoms with van der Waals surface area (Å²) in [4.78, 5) is 4.43. The maximum atomic E-state index is 13.8. The molecule has 3 rings (SSSR count). The second-order valence-electron chi connectivity index (χ2n) is 5.47.